The van der Waals surface area contributed by atoms with Crippen molar-refractivity contribution in [3.8, 4) is 17.2 Å². The Morgan fingerprint density at radius 3 is 2.60 bits per heavy atom. The quantitative estimate of drug-likeness (QED) is 0.552. The fourth-order valence-corrected chi connectivity index (χ4v) is 4.03. The minimum atomic E-state index is -0.273. The molecule has 3 heterocycles. The van der Waals surface area contributed by atoms with Crippen molar-refractivity contribution in [3.05, 3.63) is 64.8 Å². The Kier molecular flexibility index (Phi) is 8.15. The van der Waals surface area contributed by atoms with Crippen LogP contribution in [0.5, 0.6) is 0 Å². The molecule has 1 amide bonds. The van der Waals surface area contributed by atoms with E-state index < -0.39 is 0 Å². The predicted molar refractivity (Wildman–Crippen MR) is 138 cm³/mol. The summed E-state index contributed by atoms with van der Waals surface area (Å²) >= 11 is 0. The van der Waals surface area contributed by atoms with Crippen molar-refractivity contribution in [2.75, 3.05) is 31.1 Å². The number of pyridine rings is 1. The normalized spacial score (nSPS) is 13.6. The molecule has 1 fully saturated rings. The first-order chi connectivity index (χ1) is 16.3. The molecular formula is C26H31ClN6O2. The van der Waals surface area contributed by atoms with E-state index in [2.05, 4.69) is 37.8 Å². The van der Waals surface area contributed by atoms with E-state index in [0.717, 1.165) is 54.1 Å². The average Bonchev–Trinajstić information content (AvgIpc) is 3.34. The van der Waals surface area contributed by atoms with Crippen molar-refractivity contribution in [1.82, 2.24) is 20.8 Å². The summed E-state index contributed by atoms with van der Waals surface area (Å²) in [6, 6.07) is 10.1. The van der Waals surface area contributed by atoms with E-state index in [1.54, 1.807) is 12.3 Å². The van der Waals surface area contributed by atoms with E-state index in [0.29, 0.717) is 17.9 Å². The number of nitrogens with zero attached hydrogens (tertiary/aromatic N) is 4. The van der Waals surface area contributed by atoms with E-state index >= 15 is 0 Å². The molecule has 1 aromatic carbocycles. The Hall–Kier alpha value is -3.41. The Morgan fingerprint density at radius 2 is 1.97 bits per heavy atom. The minimum Gasteiger partial charge on any atom is -0.367 e. The molecule has 4 rings (SSSR count). The second-order valence-electron chi connectivity index (χ2n) is 9.58. The molecule has 184 valence electrons. The monoisotopic (exact) mass is 494 g/mol. The topological polar surface area (TPSA) is 107 Å². The molecule has 9 heteroatoms. The van der Waals surface area contributed by atoms with E-state index in [1.807, 2.05) is 46.0 Å². The van der Waals surface area contributed by atoms with Crippen molar-refractivity contribution in [2.45, 2.75) is 39.7 Å². The van der Waals surface area contributed by atoms with E-state index in [4.69, 9.17) is 4.52 Å². The zero-order valence-corrected chi connectivity index (χ0v) is 21.3. The Balaban J connectivity index is 0.00000342. The summed E-state index contributed by atoms with van der Waals surface area (Å²) in [5.74, 6) is 0.397. The Labute approximate surface area is 212 Å². The molecule has 0 unspecified atom stereocenters. The highest BCUT2D eigenvalue weighted by Gasteiger charge is 2.22. The van der Waals surface area contributed by atoms with Gasteiger partial charge in [0.25, 0.3) is 5.91 Å². The summed E-state index contributed by atoms with van der Waals surface area (Å²) in [7, 11) is 0. The highest BCUT2D eigenvalue weighted by atomic mass is 35.5. The number of hydrogen-bond acceptors (Lipinski definition) is 7. The lowest BCUT2D eigenvalue weighted by molar-refractivity contribution is 0.0941. The molecule has 0 aliphatic carbocycles. The van der Waals surface area contributed by atoms with Gasteiger partial charge in [-0.1, -0.05) is 44.1 Å². The summed E-state index contributed by atoms with van der Waals surface area (Å²) < 4.78 is 5.32. The minimum absolute atomic E-state index is 0. The van der Waals surface area contributed by atoms with Gasteiger partial charge in [-0.3, -0.25) is 9.78 Å². The maximum absolute atomic E-state index is 12.6. The molecule has 0 saturated carbocycles. The van der Waals surface area contributed by atoms with E-state index in [-0.39, 0.29) is 29.4 Å². The number of benzene rings is 1. The first kappa shape index (κ1) is 26.2. The number of nitrogens with one attached hydrogen (secondary N) is 2. The van der Waals surface area contributed by atoms with Gasteiger partial charge in [0.05, 0.1) is 17.4 Å². The van der Waals surface area contributed by atoms with Gasteiger partial charge in [0.15, 0.2) is 5.69 Å². The van der Waals surface area contributed by atoms with Crippen LogP contribution in [0.2, 0.25) is 0 Å². The van der Waals surface area contributed by atoms with Crippen LogP contribution in [0.1, 0.15) is 53.7 Å². The highest BCUT2D eigenvalue weighted by molar-refractivity contribution is 5.92. The molecule has 1 aliphatic heterocycles. The van der Waals surface area contributed by atoms with E-state index in [9.17, 15) is 10.1 Å². The lowest BCUT2D eigenvalue weighted by Crippen LogP contribution is -2.43. The number of anilines is 1. The van der Waals surface area contributed by atoms with Crippen LogP contribution in [0.4, 0.5) is 5.69 Å². The molecule has 2 N–H and O–H groups in total. The van der Waals surface area contributed by atoms with Gasteiger partial charge in [0.2, 0.25) is 0 Å². The van der Waals surface area contributed by atoms with Crippen LogP contribution in [0.25, 0.3) is 11.1 Å². The van der Waals surface area contributed by atoms with Crippen LogP contribution < -0.4 is 15.5 Å². The highest BCUT2D eigenvalue weighted by Crippen LogP contribution is 2.34. The third-order valence-corrected chi connectivity index (χ3v) is 6.06. The number of nitriles is 1. The number of rotatable bonds is 5. The standard InChI is InChI=1S/C26H30N6O2.ClH/c1-17-11-18(24-20(13-27)14-29-16-22(24)32-9-7-28-8-10-32)5-6-19(17)15-30-25(33)21-12-23(34-31-21)26(2,3)4;/h5-6,11-12,14,16,28H,7-10,15H2,1-4H3,(H,30,33);1H. The fourth-order valence-electron chi connectivity index (χ4n) is 4.03. The summed E-state index contributed by atoms with van der Waals surface area (Å²) in [6.45, 7) is 11.9. The maximum atomic E-state index is 12.6. The SMILES string of the molecule is Cc1cc(-c2c(C#N)cncc2N2CCNCC2)ccc1CNC(=O)c1cc(C(C)(C)C)on1.Cl. The molecule has 0 bridgehead atoms. The zero-order valence-electron chi connectivity index (χ0n) is 20.5. The molecule has 2 aromatic heterocycles. The molecule has 1 aliphatic rings. The number of amides is 1. The van der Waals surface area contributed by atoms with E-state index in [1.165, 1.54) is 0 Å². The molecule has 8 nitrogen and oxygen atoms in total. The van der Waals surface area contributed by atoms with Crippen LogP contribution in [0, 0.1) is 18.3 Å². The molecule has 0 spiro atoms. The van der Waals surface area contributed by atoms with Gasteiger partial charge < -0.3 is 20.1 Å². The third kappa shape index (κ3) is 5.81. The van der Waals surface area contributed by atoms with Crippen molar-refractivity contribution >= 4 is 24.0 Å². The summed E-state index contributed by atoms with van der Waals surface area (Å²) in [5.41, 5.74) is 5.47. The maximum Gasteiger partial charge on any atom is 0.273 e. The molecule has 35 heavy (non-hydrogen) atoms. The van der Waals surface area contributed by atoms with Crippen LogP contribution in [-0.4, -0.2) is 42.2 Å². The van der Waals surface area contributed by atoms with Gasteiger partial charge in [-0.2, -0.15) is 5.26 Å². The molecular weight excluding hydrogens is 464 g/mol. The molecule has 0 atom stereocenters. The zero-order chi connectivity index (χ0) is 24.3. The Bertz CT molecular complexity index is 1240. The number of carbonyl (C=O) groups is 1. The first-order valence-electron chi connectivity index (χ1n) is 11.5. The van der Waals surface area contributed by atoms with Gasteiger partial charge in [0, 0.05) is 56.0 Å². The largest absolute Gasteiger partial charge is 0.367 e. The van der Waals surface area contributed by atoms with Gasteiger partial charge in [-0.15, -0.1) is 12.4 Å². The van der Waals surface area contributed by atoms with Crippen molar-refractivity contribution in [3.63, 3.8) is 0 Å². The smallest absolute Gasteiger partial charge is 0.273 e. The second-order valence-corrected chi connectivity index (χ2v) is 9.58. The number of aromatic nitrogens is 2. The van der Waals surface area contributed by atoms with Crippen molar-refractivity contribution in [1.29, 1.82) is 5.26 Å². The van der Waals surface area contributed by atoms with Gasteiger partial charge in [-0.05, 0) is 23.6 Å². The summed E-state index contributed by atoms with van der Waals surface area (Å²) in [4.78, 5) is 19.2. The van der Waals surface area contributed by atoms with Crippen LogP contribution in [0.15, 0.2) is 41.2 Å². The molecule has 1 saturated heterocycles. The molecule has 0 radical (unpaired) electrons. The number of carbonyl (C=O) groups excluding carboxylic acids is 1. The average molecular weight is 495 g/mol. The third-order valence-electron chi connectivity index (χ3n) is 6.06. The fraction of sp³-hybridized carbons (Fsp3) is 0.385. The lowest BCUT2D eigenvalue weighted by atomic mass is 9.93. The number of halogens is 1. The van der Waals surface area contributed by atoms with Gasteiger partial charge >= 0.3 is 0 Å². The summed E-state index contributed by atoms with van der Waals surface area (Å²) in [6.07, 6.45) is 3.46. The predicted octanol–water partition coefficient (Wildman–Crippen LogP) is 3.98. The Morgan fingerprint density at radius 1 is 1.23 bits per heavy atom. The van der Waals surface area contributed by atoms with Crippen molar-refractivity contribution in [2.24, 2.45) is 0 Å². The van der Waals surface area contributed by atoms with Crippen LogP contribution in [0.3, 0.4) is 0 Å². The number of hydrogen-bond donors (Lipinski definition) is 2. The second kappa shape index (κ2) is 10.9. The molecule has 3 aromatic rings. The van der Waals surface area contributed by atoms with Gasteiger partial charge in [-0.25, -0.2) is 0 Å². The first-order valence-corrected chi connectivity index (χ1v) is 11.5. The van der Waals surface area contributed by atoms with Gasteiger partial charge in [0.1, 0.15) is 11.8 Å². The number of aryl methyl sites for hydroxylation is 1. The number of piperazine rings is 1. The van der Waals surface area contributed by atoms with Crippen LogP contribution in [-0.2, 0) is 12.0 Å². The van der Waals surface area contributed by atoms with Crippen molar-refractivity contribution < 1.29 is 9.32 Å². The lowest BCUT2D eigenvalue weighted by Gasteiger charge is -2.31. The van der Waals surface area contributed by atoms with Crippen LogP contribution >= 0.6 is 12.4 Å². The summed E-state index contributed by atoms with van der Waals surface area (Å²) in [5, 5.41) is 19.9.